The Morgan fingerprint density at radius 2 is 2.50 bits per heavy atom. The zero-order chi connectivity index (χ0) is 8.39. The number of hydrogen-bond acceptors (Lipinski definition) is 3. The molecule has 0 aromatic carbocycles. The monoisotopic (exact) mass is 163 g/mol. The van der Waals surface area contributed by atoms with Crippen molar-refractivity contribution in [2.24, 2.45) is 0 Å². The lowest BCUT2D eigenvalue weighted by atomic mass is 10.4. The highest BCUT2D eigenvalue weighted by molar-refractivity contribution is 5.03. The van der Waals surface area contributed by atoms with E-state index in [4.69, 9.17) is 4.52 Å². The van der Waals surface area contributed by atoms with Crippen LogP contribution in [0.1, 0.15) is 11.5 Å². The second kappa shape index (κ2) is 2.81. The van der Waals surface area contributed by atoms with Crippen LogP contribution < -0.4 is 0 Å². The largest absolute Gasteiger partial charge is 0.361 e. The van der Waals surface area contributed by atoms with Crippen molar-refractivity contribution in [1.82, 2.24) is 14.9 Å². The van der Waals surface area contributed by atoms with Gasteiger partial charge in [-0.05, 0) is 13.0 Å². The molecule has 0 bridgehead atoms. The van der Waals surface area contributed by atoms with Crippen LogP contribution in [0.3, 0.4) is 0 Å². The maximum Gasteiger partial charge on any atom is 0.133 e. The van der Waals surface area contributed by atoms with Crippen LogP contribution in [0, 0.1) is 6.92 Å². The topological polar surface area (TPSA) is 43.9 Å². The lowest BCUT2D eigenvalue weighted by Gasteiger charge is -1.93. The molecule has 2 rings (SSSR count). The second-order valence-electron chi connectivity index (χ2n) is 2.63. The molecule has 0 N–H and O–H groups in total. The maximum atomic E-state index is 4.92. The molecule has 2 heterocycles. The van der Waals surface area contributed by atoms with Gasteiger partial charge in [0, 0.05) is 18.5 Å². The fourth-order valence-corrected chi connectivity index (χ4v) is 1.05. The van der Waals surface area contributed by atoms with Gasteiger partial charge in [0.15, 0.2) is 0 Å². The van der Waals surface area contributed by atoms with Crippen molar-refractivity contribution in [2.75, 3.05) is 0 Å². The molecule has 0 aliphatic heterocycles. The second-order valence-corrected chi connectivity index (χ2v) is 2.63. The first-order valence-electron chi connectivity index (χ1n) is 3.74. The summed E-state index contributed by atoms with van der Waals surface area (Å²) in [4.78, 5) is 0. The summed E-state index contributed by atoms with van der Waals surface area (Å²) in [5.74, 6) is 0.831. The van der Waals surface area contributed by atoms with E-state index in [1.54, 1.807) is 10.9 Å². The van der Waals surface area contributed by atoms with Crippen LogP contribution in [-0.4, -0.2) is 14.9 Å². The van der Waals surface area contributed by atoms with E-state index in [1.165, 1.54) is 0 Å². The molecule has 62 valence electrons. The van der Waals surface area contributed by atoms with E-state index in [-0.39, 0.29) is 0 Å². The van der Waals surface area contributed by atoms with E-state index in [0.29, 0.717) is 6.54 Å². The van der Waals surface area contributed by atoms with Crippen LogP contribution >= 0.6 is 0 Å². The molecule has 4 heteroatoms. The molecule has 0 amide bonds. The molecule has 0 aliphatic carbocycles. The average molecular weight is 163 g/mol. The summed E-state index contributed by atoms with van der Waals surface area (Å²) in [5.41, 5.74) is 0.899. The first-order chi connectivity index (χ1) is 5.84. The van der Waals surface area contributed by atoms with Gasteiger partial charge in [-0.25, -0.2) is 0 Å². The fraction of sp³-hybridized carbons (Fsp3) is 0.250. The lowest BCUT2D eigenvalue weighted by Crippen LogP contribution is -1.99. The molecule has 12 heavy (non-hydrogen) atoms. The maximum absolute atomic E-state index is 4.92. The third-order valence-corrected chi connectivity index (χ3v) is 1.56. The highest BCUT2D eigenvalue weighted by atomic mass is 16.5. The average Bonchev–Trinajstić information content (AvgIpc) is 2.63. The number of aryl methyl sites for hydroxylation is 1. The zero-order valence-electron chi connectivity index (χ0n) is 6.77. The summed E-state index contributed by atoms with van der Waals surface area (Å²) < 4.78 is 6.73. The minimum atomic E-state index is 0.671. The normalized spacial score (nSPS) is 10.4. The third kappa shape index (κ3) is 1.37. The van der Waals surface area contributed by atoms with E-state index in [2.05, 4.69) is 10.3 Å². The summed E-state index contributed by atoms with van der Waals surface area (Å²) in [6, 6.07) is 3.79. The van der Waals surface area contributed by atoms with Crippen molar-refractivity contribution < 1.29 is 4.52 Å². The van der Waals surface area contributed by atoms with E-state index in [0.717, 1.165) is 11.5 Å². The van der Waals surface area contributed by atoms with Gasteiger partial charge in [0.2, 0.25) is 0 Å². The van der Waals surface area contributed by atoms with Gasteiger partial charge in [-0.3, -0.25) is 4.68 Å². The van der Waals surface area contributed by atoms with E-state index >= 15 is 0 Å². The molecule has 0 saturated carbocycles. The minimum absolute atomic E-state index is 0.671. The van der Waals surface area contributed by atoms with Gasteiger partial charge in [-0.2, -0.15) is 5.10 Å². The van der Waals surface area contributed by atoms with Gasteiger partial charge in [-0.15, -0.1) is 0 Å². The molecule has 2 aromatic heterocycles. The Bertz CT molecular complexity index is 350. The van der Waals surface area contributed by atoms with Crippen LogP contribution in [0.2, 0.25) is 0 Å². The van der Waals surface area contributed by atoms with Gasteiger partial charge < -0.3 is 4.52 Å². The summed E-state index contributed by atoms with van der Waals surface area (Å²) >= 11 is 0. The van der Waals surface area contributed by atoms with Gasteiger partial charge in [0.25, 0.3) is 0 Å². The predicted molar refractivity (Wildman–Crippen MR) is 42.6 cm³/mol. The van der Waals surface area contributed by atoms with Crippen molar-refractivity contribution in [3.8, 4) is 0 Å². The third-order valence-electron chi connectivity index (χ3n) is 1.56. The molecule has 0 radical (unpaired) electrons. The lowest BCUT2D eigenvalue weighted by molar-refractivity contribution is 0.387. The highest BCUT2D eigenvalue weighted by Gasteiger charge is 2.00. The predicted octanol–water partition coefficient (Wildman–Crippen LogP) is 1.23. The number of nitrogens with zero attached hydrogens (tertiary/aromatic N) is 3. The molecule has 0 aliphatic rings. The van der Waals surface area contributed by atoms with E-state index in [9.17, 15) is 0 Å². The van der Waals surface area contributed by atoms with Crippen LogP contribution in [0.25, 0.3) is 0 Å². The molecule has 0 saturated heterocycles. The minimum Gasteiger partial charge on any atom is -0.361 e. The summed E-state index contributed by atoms with van der Waals surface area (Å²) in [6.07, 6.45) is 3.64. The van der Waals surface area contributed by atoms with Gasteiger partial charge in [0.05, 0.1) is 6.54 Å². The van der Waals surface area contributed by atoms with Crippen LogP contribution in [0.5, 0.6) is 0 Å². The van der Waals surface area contributed by atoms with Crippen molar-refractivity contribution in [2.45, 2.75) is 13.5 Å². The Kier molecular flexibility index (Phi) is 1.66. The molecule has 2 aromatic rings. The molecular weight excluding hydrogens is 154 g/mol. The Balaban J connectivity index is 2.14. The van der Waals surface area contributed by atoms with Crippen LogP contribution in [-0.2, 0) is 6.54 Å². The summed E-state index contributed by atoms with van der Waals surface area (Å²) in [7, 11) is 0. The van der Waals surface area contributed by atoms with Gasteiger partial charge >= 0.3 is 0 Å². The molecule has 0 fully saturated rings. The smallest absolute Gasteiger partial charge is 0.133 e. The number of hydrogen-bond donors (Lipinski definition) is 0. The van der Waals surface area contributed by atoms with Crippen LogP contribution in [0.4, 0.5) is 0 Å². The Labute approximate surface area is 69.8 Å². The summed E-state index contributed by atoms with van der Waals surface area (Å²) in [6.45, 7) is 2.55. The van der Waals surface area contributed by atoms with E-state index in [1.807, 2.05) is 25.3 Å². The highest BCUT2D eigenvalue weighted by Crippen LogP contribution is 2.02. The van der Waals surface area contributed by atoms with Gasteiger partial charge in [0.1, 0.15) is 11.5 Å². The fourth-order valence-electron chi connectivity index (χ4n) is 1.05. The standard InChI is InChI=1S/C8H9N3O/c1-7-5-8(10-12-7)6-11-4-2-3-9-11/h2-5H,6H2,1H3. The number of aromatic nitrogens is 3. The quantitative estimate of drug-likeness (QED) is 0.668. The Morgan fingerprint density at radius 3 is 3.08 bits per heavy atom. The molecule has 4 nitrogen and oxygen atoms in total. The van der Waals surface area contributed by atoms with Crippen molar-refractivity contribution >= 4 is 0 Å². The Morgan fingerprint density at radius 1 is 1.58 bits per heavy atom. The van der Waals surface area contributed by atoms with Crippen LogP contribution in [0.15, 0.2) is 29.0 Å². The molecule has 0 spiro atoms. The molecule has 0 atom stereocenters. The van der Waals surface area contributed by atoms with Crippen molar-refractivity contribution in [1.29, 1.82) is 0 Å². The van der Waals surface area contributed by atoms with Crippen molar-refractivity contribution in [3.63, 3.8) is 0 Å². The Hall–Kier alpha value is -1.58. The molecular formula is C8H9N3O. The van der Waals surface area contributed by atoms with E-state index < -0.39 is 0 Å². The first kappa shape index (κ1) is 7.09. The van der Waals surface area contributed by atoms with Crippen molar-refractivity contribution in [3.05, 3.63) is 36.0 Å². The first-order valence-corrected chi connectivity index (χ1v) is 3.74. The number of rotatable bonds is 2. The van der Waals surface area contributed by atoms with Gasteiger partial charge in [-0.1, -0.05) is 5.16 Å². The SMILES string of the molecule is Cc1cc(Cn2cccn2)no1. The zero-order valence-corrected chi connectivity index (χ0v) is 6.77. The molecule has 0 unspecified atom stereocenters. The summed E-state index contributed by atoms with van der Waals surface area (Å²) in [5, 5.41) is 7.91.